The van der Waals surface area contributed by atoms with E-state index in [0.717, 1.165) is 6.92 Å². The van der Waals surface area contributed by atoms with Crippen LogP contribution in [0.3, 0.4) is 0 Å². The molecule has 0 aliphatic carbocycles. The first kappa shape index (κ1) is 10.3. The van der Waals surface area contributed by atoms with E-state index in [2.05, 4.69) is 0 Å². The zero-order valence-corrected chi connectivity index (χ0v) is 6.63. The van der Waals surface area contributed by atoms with E-state index >= 15 is 0 Å². The van der Waals surface area contributed by atoms with Gasteiger partial charge in [-0.2, -0.15) is 0 Å². The van der Waals surface area contributed by atoms with E-state index in [1.54, 1.807) is 0 Å². The number of halogens is 3. The van der Waals surface area contributed by atoms with Crippen molar-refractivity contribution < 1.29 is 13.2 Å². The second-order valence-electron chi connectivity index (χ2n) is 2.27. The fourth-order valence-electron chi connectivity index (χ4n) is 0.570. The summed E-state index contributed by atoms with van der Waals surface area (Å²) in [5.74, 6) is -1.99. The number of hydrogen-bond acceptors (Lipinski definition) is 0. The predicted molar refractivity (Wildman–Crippen MR) is 39.0 cm³/mol. The smallest absolute Gasteiger partial charge is 0.131 e. The lowest BCUT2D eigenvalue weighted by Gasteiger charge is -1.92. The average molecular weight is 164 g/mol. The van der Waals surface area contributed by atoms with Crippen LogP contribution in [0.25, 0.3) is 0 Å². The molecule has 0 spiro atoms. The van der Waals surface area contributed by atoms with Crippen LogP contribution in [0.1, 0.15) is 26.7 Å². The SMILES string of the molecule is C/C(F)=C(/F)CC/C=C(\C)F. The van der Waals surface area contributed by atoms with E-state index in [9.17, 15) is 13.2 Å². The molecule has 0 amide bonds. The van der Waals surface area contributed by atoms with E-state index in [1.807, 2.05) is 0 Å². The maximum Gasteiger partial charge on any atom is 0.131 e. The van der Waals surface area contributed by atoms with Gasteiger partial charge in [-0.1, -0.05) is 6.08 Å². The molecule has 3 heteroatoms. The minimum Gasteiger partial charge on any atom is -0.212 e. The number of hydrogen-bond donors (Lipinski definition) is 0. The highest BCUT2D eigenvalue weighted by atomic mass is 19.2. The molecule has 0 saturated heterocycles. The Morgan fingerprint density at radius 1 is 1.18 bits per heavy atom. The largest absolute Gasteiger partial charge is 0.212 e. The van der Waals surface area contributed by atoms with Crippen molar-refractivity contribution in [1.82, 2.24) is 0 Å². The molecule has 0 unspecified atom stereocenters. The van der Waals surface area contributed by atoms with Crippen molar-refractivity contribution in [3.8, 4) is 0 Å². The molecule has 0 atom stereocenters. The third-order valence-corrected chi connectivity index (χ3v) is 1.16. The summed E-state index contributed by atoms with van der Waals surface area (Å²) in [5, 5.41) is 0. The molecule has 0 N–H and O–H groups in total. The third-order valence-electron chi connectivity index (χ3n) is 1.16. The van der Waals surface area contributed by atoms with Crippen LogP contribution in [0.2, 0.25) is 0 Å². The normalized spacial score (nSPS) is 14.8. The summed E-state index contributed by atoms with van der Waals surface area (Å²) in [6.45, 7) is 2.31. The van der Waals surface area contributed by atoms with Crippen LogP contribution in [-0.4, -0.2) is 0 Å². The van der Waals surface area contributed by atoms with Gasteiger partial charge in [-0.05, 0) is 20.3 Å². The van der Waals surface area contributed by atoms with Crippen molar-refractivity contribution in [3.63, 3.8) is 0 Å². The fourth-order valence-corrected chi connectivity index (χ4v) is 0.570. The molecular weight excluding hydrogens is 153 g/mol. The molecule has 0 rings (SSSR count). The summed E-state index contributed by atoms with van der Waals surface area (Å²) in [7, 11) is 0. The molecule has 0 fully saturated rings. The molecule has 0 saturated carbocycles. The zero-order valence-electron chi connectivity index (χ0n) is 6.63. The molecular formula is C8H11F3. The highest BCUT2D eigenvalue weighted by molar-refractivity contribution is 4.98. The van der Waals surface area contributed by atoms with Crippen LogP contribution in [0.5, 0.6) is 0 Å². The van der Waals surface area contributed by atoms with E-state index in [1.165, 1.54) is 13.0 Å². The molecule has 11 heavy (non-hydrogen) atoms. The second-order valence-corrected chi connectivity index (χ2v) is 2.27. The van der Waals surface area contributed by atoms with Crippen molar-refractivity contribution in [2.75, 3.05) is 0 Å². The summed E-state index contributed by atoms with van der Waals surface area (Å²) in [5.41, 5.74) is 0. The maximum absolute atomic E-state index is 12.3. The lowest BCUT2D eigenvalue weighted by atomic mass is 10.2. The van der Waals surface area contributed by atoms with Gasteiger partial charge >= 0.3 is 0 Å². The van der Waals surface area contributed by atoms with E-state index in [-0.39, 0.29) is 18.7 Å². The van der Waals surface area contributed by atoms with Gasteiger partial charge in [0, 0.05) is 6.42 Å². The molecule has 0 aliphatic heterocycles. The van der Waals surface area contributed by atoms with Crippen molar-refractivity contribution >= 4 is 0 Å². The lowest BCUT2D eigenvalue weighted by Crippen LogP contribution is -1.77. The average Bonchev–Trinajstić information content (AvgIpc) is 1.86. The first-order valence-electron chi connectivity index (χ1n) is 3.37. The Kier molecular flexibility index (Phi) is 4.66. The van der Waals surface area contributed by atoms with Crippen LogP contribution in [0.15, 0.2) is 23.6 Å². The molecule has 0 radical (unpaired) electrons. The molecule has 0 aromatic rings. The Bertz CT molecular complexity index is 172. The van der Waals surface area contributed by atoms with Gasteiger partial charge in [-0.15, -0.1) is 0 Å². The molecule has 64 valence electrons. The van der Waals surface area contributed by atoms with Crippen molar-refractivity contribution in [1.29, 1.82) is 0 Å². The van der Waals surface area contributed by atoms with Crippen molar-refractivity contribution in [2.24, 2.45) is 0 Å². The van der Waals surface area contributed by atoms with Gasteiger partial charge in [0.25, 0.3) is 0 Å². The first-order chi connectivity index (χ1) is 5.04. The van der Waals surface area contributed by atoms with Crippen LogP contribution < -0.4 is 0 Å². The summed E-state index contributed by atoms with van der Waals surface area (Å²) in [6.07, 6.45) is 1.36. The Labute approximate surface area is 64.4 Å². The number of allylic oxidation sites excluding steroid dienone is 4. The number of rotatable bonds is 3. The van der Waals surface area contributed by atoms with E-state index in [0.29, 0.717) is 0 Å². The fraction of sp³-hybridized carbons (Fsp3) is 0.500. The van der Waals surface area contributed by atoms with Gasteiger partial charge in [-0.3, -0.25) is 0 Å². The zero-order chi connectivity index (χ0) is 8.85. The first-order valence-corrected chi connectivity index (χ1v) is 3.37. The molecule has 0 aromatic heterocycles. The summed E-state index contributed by atoms with van der Waals surface area (Å²) < 4.78 is 36.3. The van der Waals surface area contributed by atoms with Crippen molar-refractivity contribution in [3.05, 3.63) is 23.6 Å². The Morgan fingerprint density at radius 3 is 2.09 bits per heavy atom. The quantitative estimate of drug-likeness (QED) is 0.595. The van der Waals surface area contributed by atoms with Crippen LogP contribution in [0, 0.1) is 0 Å². The topological polar surface area (TPSA) is 0 Å². The second kappa shape index (κ2) is 4.99. The molecule has 0 bridgehead atoms. The van der Waals surface area contributed by atoms with Gasteiger partial charge in [-0.25, -0.2) is 13.2 Å². The van der Waals surface area contributed by atoms with Gasteiger partial charge in [0.2, 0.25) is 0 Å². The molecule has 0 heterocycles. The van der Waals surface area contributed by atoms with Gasteiger partial charge in [0.15, 0.2) is 0 Å². The van der Waals surface area contributed by atoms with Crippen LogP contribution in [0.4, 0.5) is 13.2 Å². The van der Waals surface area contributed by atoms with Crippen LogP contribution in [-0.2, 0) is 0 Å². The van der Waals surface area contributed by atoms with E-state index < -0.39 is 11.7 Å². The highest BCUT2D eigenvalue weighted by Crippen LogP contribution is 2.14. The summed E-state index contributed by atoms with van der Waals surface area (Å²) in [6, 6.07) is 0. The van der Waals surface area contributed by atoms with Gasteiger partial charge < -0.3 is 0 Å². The Balaban J connectivity index is 3.73. The predicted octanol–water partition coefficient (Wildman–Crippen LogP) is 3.81. The summed E-state index contributed by atoms with van der Waals surface area (Å²) in [4.78, 5) is 0. The van der Waals surface area contributed by atoms with Crippen LogP contribution >= 0.6 is 0 Å². The summed E-state index contributed by atoms with van der Waals surface area (Å²) >= 11 is 0. The minimum atomic E-state index is -0.824. The maximum atomic E-state index is 12.3. The minimum absolute atomic E-state index is 0.0659. The van der Waals surface area contributed by atoms with Crippen molar-refractivity contribution in [2.45, 2.75) is 26.7 Å². The van der Waals surface area contributed by atoms with E-state index in [4.69, 9.17) is 0 Å². The van der Waals surface area contributed by atoms with Gasteiger partial charge in [0.1, 0.15) is 11.7 Å². The third kappa shape index (κ3) is 5.70. The highest BCUT2D eigenvalue weighted by Gasteiger charge is 1.98. The molecule has 0 nitrogen and oxygen atoms in total. The standard InChI is InChI=1S/C8H11F3/c1-6(9)4-3-5-8(11)7(2)10/h4H,3,5H2,1-2H3/b6-4+,8-7-. The molecule has 0 aliphatic rings. The lowest BCUT2D eigenvalue weighted by molar-refractivity contribution is 0.509. The Morgan fingerprint density at radius 2 is 1.73 bits per heavy atom. The monoisotopic (exact) mass is 164 g/mol. The van der Waals surface area contributed by atoms with Gasteiger partial charge in [0.05, 0.1) is 5.83 Å². The Hall–Kier alpha value is -0.730. The molecule has 0 aromatic carbocycles.